The van der Waals surface area contributed by atoms with Gasteiger partial charge in [-0.25, -0.2) is 0 Å². The molecule has 2 rings (SSSR count). The molecule has 6 atom stereocenters. The van der Waals surface area contributed by atoms with Crippen molar-refractivity contribution in [3.63, 3.8) is 0 Å². The second kappa shape index (κ2) is 11.2. The zero-order chi connectivity index (χ0) is 24.1. The highest BCUT2D eigenvalue weighted by Crippen LogP contribution is 2.30. The van der Waals surface area contributed by atoms with Crippen LogP contribution in [0.15, 0.2) is 17.5 Å². The number of nitrogens with one attached hydrogen (secondary N) is 3. The predicted molar refractivity (Wildman–Crippen MR) is 120 cm³/mol. The molecule has 3 amide bonds. The fraction of sp³-hybridized carbons (Fsp3) is 0.667. The first kappa shape index (κ1) is 26.2. The molecule has 0 aliphatic heterocycles. The van der Waals surface area contributed by atoms with Crippen molar-refractivity contribution >= 4 is 29.1 Å². The lowest BCUT2D eigenvalue weighted by molar-refractivity contribution is -0.160. The summed E-state index contributed by atoms with van der Waals surface area (Å²) in [5.74, 6) is -1.83. The van der Waals surface area contributed by atoms with Gasteiger partial charge in [0.1, 0.15) is 17.7 Å². The molecule has 1 aliphatic rings. The average Bonchev–Trinajstić information content (AvgIpc) is 3.22. The van der Waals surface area contributed by atoms with Crippen LogP contribution in [0.1, 0.15) is 38.0 Å². The molecule has 180 valence electrons. The van der Waals surface area contributed by atoms with Gasteiger partial charge in [-0.2, -0.15) is 0 Å². The highest BCUT2D eigenvalue weighted by molar-refractivity contribution is 7.09. The Labute approximate surface area is 191 Å². The molecule has 6 unspecified atom stereocenters. The van der Waals surface area contributed by atoms with Crippen molar-refractivity contribution in [3.05, 3.63) is 22.4 Å². The number of amides is 3. The number of carbonyl (C=O) groups excluding carboxylic acids is 3. The SMILES string of the molecule is CNC(CC(C)C)C(=O)NC1CC(O)(C(=O)NC(Cc2cccs2)C(N)=O)CC(O)C1O. The van der Waals surface area contributed by atoms with E-state index in [1.807, 2.05) is 19.2 Å². The molecule has 0 aromatic carbocycles. The average molecular weight is 471 g/mol. The van der Waals surface area contributed by atoms with E-state index in [0.29, 0.717) is 6.42 Å². The Hall–Kier alpha value is -2.05. The van der Waals surface area contributed by atoms with Gasteiger partial charge in [-0.1, -0.05) is 19.9 Å². The summed E-state index contributed by atoms with van der Waals surface area (Å²) in [6, 6.07) is 0.949. The minimum atomic E-state index is -2.10. The van der Waals surface area contributed by atoms with Crippen molar-refractivity contribution in [1.29, 1.82) is 0 Å². The Kier molecular flexibility index (Phi) is 9.17. The fourth-order valence-electron chi connectivity index (χ4n) is 3.88. The lowest BCUT2D eigenvalue weighted by Gasteiger charge is -2.42. The number of nitrogens with two attached hydrogens (primary N) is 1. The molecular formula is C21H34N4O6S. The number of aliphatic hydroxyl groups excluding tert-OH is 2. The van der Waals surface area contributed by atoms with Gasteiger partial charge in [-0.3, -0.25) is 14.4 Å². The van der Waals surface area contributed by atoms with Crippen molar-refractivity contribution < 1.29 is 29.7 Å². The van der Waals surface area contributed by atoms with Crippen LogP contribution >= 0.6 is 11.3 Å². The molecule has 1 fully saturated rings. The number of rotatable bonds is 10. The second-order valence-corrected chi connectivity index (χ2v) is 9.83. The van der Waals surface area contributed by atoms with Crippen molar-refractivity contribution in [3.8, 4) is 0 Å². The third kappa shape index (κ3) is 6.72. The normalized spacial score (nSPS) is 27.5. The Morgan fingerprint density at radius 1 is 1.25 bits per heavy atom. The Morgan fingerprint density at radius 3 is 2.47 bits per heavy atom. The van der Waals surface area contributed by atoms with Gasteiger partial charge < -0.3 is 37.0 Å². The smallest absolute Gasteiger partial charge is 0.252 e. The third-order valence-corrected chi connectivity index (χ3v) is 6.57. The number of likely N-dealkylation sites (N-methyl/N-ethyl adjacent to an activating group) is 1. The maximum absolute atomic E-state index is 12.9. The molecule has 0 bridgehead atoms. The van der Waals surface area contributed by atoms with Gasteiger partial charge in [0.15, 0.2) is 0 Å². The van der Waals surface area contributed by atoms with Crippen LogP contribution in [0, 0.1) is 5.92 Å². The fourth-order valence-corrected chi connectivity index (χ4v) is 4.63. The number of thiophene rings is 1. The van der Waals surface area contributed by atoms with Gasteiger partial charge in [0, 0.05) is 24.1 Å². The minimum Gasteiger partial charge on any atom is -0.390 e. The standard InChI is InChI=1S/C21H34N4O6S/c1-11(2)7-14(23-3)19(29)24-15-9-21(31,10-16(26)17(15)27)20(30)25-13(18(22)28)8-12-5-4-6-32-12/h4-6,11,13-17,23,26-27,31H,7-10H2,1-3H3,(H2,22,28)(H,24,29)(H,25,30). The van der Waals surface area contributed by atoms with Crippen molar-refractivity contribution in [2.24, 2.45) is 11.7 Å². The summed E-state index contributed by atoms with van der Waals surface area (Å²) >= 11 is 1.40. The van der Waals surface area contributed by atoms with Gasteiger partial charge >= 0.3 is 0 Å². The van der Waals surface area contributed by atoms with Gasteiger partial charge in [-0.15, -0.1) is 11.3 Å². The topological polar surface area (TPSA) is 174 Å². The maximum atomic E-state index is 12.9. The molecule has 10 nitrogen and oxygen atoms in total. The minimum absolute atomic E-state index is 0.166. The monoisotopic (exact) mass is 470 g/mol. The molecule has 11 heteroatoms. The zero-order valence-electron chi connectivity index (χ0n) is 18.6. The summed E-state index contributed by atoms with van der Waals surface area (Å²) in [7, 11) is 1.64. The van der Waals surface area contributed by atoms with E-state index in [2.05, 4.69) is 16.0 Å². The second-order valence-electron chi connectivity index (χ2n) is 8.80. The Balaban J connectivity index is 2.12. The van der Waals surface area contributed by atoms with Gasteiger partial charge in [0.25, 0.3) is 5.91 Å². The van der Waals surface area contributed by atoms with Gasteiger partial charge in [-0.05, 0) is 30.8 Å². The molecule has 1 heterocycles. The summed E-state index contributed by atoms with van der Waals surface area (Å²) in [4.78, 5) is 38.2. The van der Waals surface area contributed by atoms with E-state index in [1.54, 1.807) is 19.2 Å². The van der Waals surface area contributed by atoms with Crippen molar-refractivity contribution in [1.82, 2.24) is 16.0 Å². The van der Waals surface area contributed by atoms with Crippen LogP contribution in [0.5, 0.6) is 0 Å². The third-order valence-electron chi connectivity index (χ3n) is 5.67. The van der Waals surface area contributed by atoms with Gasteiger partial charge in [0.2, 0.25) is 11.8 Å². The Bertz CT molecular complexity index is 789. The zero-order valence-corrected chi connectivity index (χ0v) is 19.4. The Morgan fingerprint density at radius 2 is 1.94 bits per heavy atom. The van der Waals surface area contributed by atoms with E-state index in [1.165, 1.54) is 11.3 Å². The molecule has 8 N–H and O–H groups in total. The lowest BCUT2D eigenvalue weighted by atomic mass is 9.77. The number of carbonyl (C=O) groups is 3. The molecule has 32 heavy (non-hydrogen) atoms. The van der Waals surface area contributed by atoms with E-state index in [9.17, 15) is 29.7 Å². The van der Waals surface area contributed by atoms with Crippen LogP contribution < -0.4 is 21.7 Å². The molecule has 0 spiro atoms. The molecular weight excluding hydrogens is 436 g/mol. The maximum Gasteiger partial charge on any atom is 0.252 e. The first-order chi connectivity index (χ1) is 15.0. The predicted octanol–water partition coefficient (Wildman–Crippen LogP) is -1.37. The highest BCUT2D eigenvalue weighted by Gasteiger charge is 2.50. The van der Waals surface area contributed by atoms with E-state index in [0.717, 1.165) is 4.88 Å². The number of aliphatic hydroxyl groups is 3. The van der Waals surface area contributed by atoms with E-state index >= 15 is 0 Å². The van der Waals surface area contributed by atoms with Crippen LogP contribution in [0.4, 0.5) is 0 Å². The summed E-state index contributed by atoms with van der Waals surface area (Å²) in [6.45, 7) is 3.93. The quantitative estimate of drug-likeness (QED) is 0.221. The number of primary amides is 1. The van der Waals surface area contributed by atoms with Crippen LogP contribution in [-0.2, 0) is 20.8 Å². The van der Waals surface area contributed by atoms with E-state index < -0.39 is 60.1 Å². The van der Waals surface area contributed by atoms with Crippen LogP contribution in [-0.4, -0.2) is 76.0 Å². The first-order valence-electron chi connectivity index (χ1n) is 10.7. The number of hydrogen-bond donors (Lipinski definition) is 7. The summed E-state index contributed by atoms with van der Waals surface area (Å²) < 4.78 is 0. The molecule has 1 saturated carbocycles. The number of hydrogen-bond acceptors (Lipinski definition) is 8. The lowest BCUT2D eigenvalue weighted by Crippen LogP contribution is -2.65. The van der Waals surface area contributed by atoms with E-state index in [-0.39, 0.29) is 18.8 Å². The first-order valence-corrected chi connectivity index (χ1v) is 11.5. The van der Waals surface area contributed by atoms with Gasteiger partial charge in [0.05, 0.1) is 18.2 Å². The highest BCUT2D eigenvalue weighted by atomic mass is 32.1. The summed E-state index contributed by atoms with van der Waals surface area (Å²) in [5.41, 5.74) is 3.32. The summed E-state index contributed by atoms with van der Waals surface area (Å²) in [6.07, 6.45) is -2.88. The van der Waals surface area contributed by atoms with E-state index in [4.69, 9.17) is 5.73 Å². The molecule has 0 saturated heterocycles. The van der Waals surface area contributed by atoms with Crippen molar-refractivity contribution in [2.75, 3.05) is 7.05 Å². The molecule has 0 radical (unpaired) electrons. The largest absolute Gasteiger partial charge is 0.390 e. The van der Waals surface area contributed by atoms with Crippen LogP contribution in [0.2, 0.25) is 0 Å². The van der Waals surface area contributed by atoms with Crippen molar-refractivity contribution in [2.45, 2.75) is 75.5 Å². The molecule has 1 aliphatic carbocycles. The van der Waals surface area contributed by atoms with Crippen LogP contribution in [0.25, 0.3) is 0 Å². The summed E-state index contributed by atoms with van der Waals surface area (Å²) in [5, 5.41) is 41.5. The molecule has 1 aromatic rings. The molecule has 1 aromatic heterocycles. The van der Waals surface area contributed by atoms with Crippen LogP contribution in [0.3, 0.4) is 0 Å².